The molecule has 0 saturated carbocycles. The molecule has 0 aliphatic heterocycles. The molecule has 3 rings (SSSR count). The second kappa shape index (κ2) is 5.77. The van der Waals surface area contributed by atoms with Gasteiger partial charge in [-0.3, -0.25) is 4.79 Å². The second-order valence-electron chi connectivity index (χ2n) is 4.07. The summed E-state index contributed by atoms with van der Waals surface area (Å²) in [5.74, 6) is -0.386. The van der Waals surface area contributed by atoms with Gasteiger partial charge in [-0.15, -0.1) is 11.3 Å². The molecule has 4 nitrogen and oxygen atoms in total. The van der Waals surface area contributed by atoms with Crippen molar-refractivity contribution in [2.45, 2.75) is 0 Å². The summed E-state index contributed by atoms with van der Waals surface area (Å²) >= 11 is 19.2. The molecule has 8 heteroatoms. The molecule has 1 amide bonds. The summed E-state index contributed by atoms with van der Waals surface area (Å²) in [6.07, 6.45) is 1.35. The van der Waals surface area contributed by atoms with Crippen molar-refractivity contribution in [1.82, 2.24) is 9.97 Å². The van der Waals surface area contributed by atoms with Crippen LogP contribution in [0.3, 0.4) is 0 Å². The smallest absolute Gasteiger partial charge is 0.257 e. The number of hydrogen-bond acceptors (Lipinski definition) is 4. The summed E-state index contributed by atoms with van der Waals surface area (Å²) in [5, 5.41) is 3.50. The van der Waals surface area contributed by atoms with E-state index in [9.17, 15) is 4.79 Å². The molecule has 0 saturated heterocycles. The highest BCUT2D eigenvalue weighted by molar-refractivity contribution is 7.16. The summed E-state index contributed by atoms with van der Waals surface area (Å²) in [4.78, 5) is 20.3. The largest absolute Gasteiger partial charge is 0.319 e. The van der Waals surface area contributed by atoms with Crippen molar-refractivity contribution < 1.29 is 4.79 Å². The number of thiazole rings is 1. The molecule has 0 spiro atoms. The summed E-state index contributed by atoms with van der Waals surface area (Å²) in [5.41, 5.74) is 3.09. The number of aromatic nitrogens is 2. The van der Waals surface area contributed by atoms with Crippen LogP contribution >= 0.6 is 46.1 Å². The van der Waals surface area contributed by atoms with Crippen molar-refractivity contribution in [2.24, 2.45) is 0 Å². The van der Waals surface area contributed by atoms with Crippen molar-refractivity contribution in [3.05, 3.63) is 50.7 Å². The minimum atomic E-state index is -0.386. The summed E-state index contributed by atoms with van der Waals surface area (Å²) in [7, 11) is 0. The van der Waals surface area contributed by atoms with E-state index in [1.54, 1.807) is 11.6 Å². The Bertz CT molecular complexity index is 850. The van der Waals surface area contributed by atoms with Gasteiger partial charge >= 0.3 is 0 Å². The van der Waals surface area contributed by atoms with Gasteiger partial charge in [-0.2, -0.15) is 0 Å². The maximum atomic E-state index is 12.3. The van der Waals surface area contributed by atoms with E-state index in [2.05, 4.69) is 15.3 Å². The average Bonchev–Trinajstić information content (AvgIpc) is 2.93. The van der Waals surface area contributed by atoms with E-state index in [1.807, 2.05) is 6.07 Å². The van der Waals surface area contributed by atoms with E-state index < -0.39 is 0 Å². The van der Waals surface area contributed by atoms with Crippen LogP contribution in [-0.4, -0.2) is 15.9 Å². The number of amides is 1. The van der Waals surface area contributed by atoms with Crippen LogP contribution < -0.4 is 5.32 Å². The molecule has 2 heterocycles. The molecule has 0 atom stereocenters. The van der Waals surface area contributed by atoms with Crippen LogP contribution in [0, 0.1) is 0 Å². The van der Waals surface area contributed by atoms with Crippen LogP contribution in [0.4, 0.5) is 5.69 Å². The number of benzene rings is 1. The van der Waals surface area contributed by atoms with Gasteiger partial charge in [0.05, 0.1) is 31.5 Å². The number of carbonyl (C=O) groups is 1. The lowest BCUT2D eigenvalue weighted by Crippen LogP contribution is -2.13. The lowest BCUT2D eigenvalue weighted by Gasteiger charge is -2.08. The fourth-order valence-corrected chi connectivity index (χ4v) is 2.91. The number of fused-ring (bicyclic) bond motifs is 1. The number of nitrogens with zero attached hydrogens (tertiary/aromatic N) is 2. The molecule has 1 aromatic carbocycles. The highest BCUT2D eigenvalue weighted by Gasteiger charge is 2.14. The molecular formula is C13H6Cl3N3OS. The summed E-state index contributed by atoms with van der Waals surface area (Å²) in [6.45, 7) is 0. The van der Waals surface area contributed by atoms with Crippen molar-refractivity contribution in [3.63, 3.8) is 0 Å². The highest BCUT2D eigenvalue weighted by atomic mass is 35.5. The van der Waals surface area contributed by atoms with Crippen LogP contribution in [0.2, 0.25) is 15.2 Å². The number of carbonyl (C=O) groups excluding carboxylic acids is 1. The standard InChI is InChI=1S/C13H6Cl3N3OS/c14-7-1-2-9-11(18-5-21-9)10(7)19-13(20)6-3-8(15)12(16)17-4-6/h1-5H,(H,19,20). The number of halogens is 3. The van der Waals surface area contributed by atoms with Gasteiger partial charge in [0, 0.05) is 6.20 Å². The maximum absolute atomic E-state index is 12.3. The zero-order chi connectivity index (χ0) is 15.0. The molecular weight excluding hydrogens is 353 g/mol. The van der Waals surface area contributed by atoms with Crippen molar-refractivity contribution in [3.8, 4) is 0 Å². The number of hydrogen-bond donors (Lipinski definition) is 1. The third kappa shape index (κ3) is 2.82. The predicted octanol–water partition coefficient (Wildman–Crippen LogP) is 4.90. The predicted molar refractivity (Wildman–Crippen MR) is 86.8 cm³/mol. The molecule has 1 N–H and O–H groups in total. The normalized spacial score (nSPS) is 10.8. The first kappa shape index (κ1) is 14.5. The van der Waals surface area contributed by atoms with Crippen molar-refractivity contribution in [2.75, 3.05) is 5.32 Å². The monoisotopic (exact) mass is 357 g/mol. The lowest BCUT2D eigenvalue weighted by atomic mass is 10.2. The first-order chi connectivity index (χ1) is 10.1. The summed E-state index contributed by atoms with van der Waals surface area (Å²) < 4.78 is 0.932. The fourth-order valence-electron chi connectivity index (χ4n) is 1.76. The maximum Gasteiger partial charge on any atom is 0.257 e. The highest BCUT2D eigenvalue weighted by Crippen LogP contribution is 2.32. The quantitative estimate of drug-likeness (QED) is 0.663. The Kier molecular flexibility index (Phi) is 3.99. The van der Waals surface area contributed by atoms with E-state index in [1.165, 1.54) is 23.6 Å². The molecule has 2 aromatic heterocycles. The zero-order valence-electron chi connectivity index (χ0n) is 10.2. The second-order valence-corrected chi connectivity index (χ2v) is 6.13. The number of nitrogens with one attached hydrogen (secondary N) is 1. The molecule has 3 aromatic rings. The zero-order valence-corrected chi connectivity index (χ0v) is 13.3. The van der Waals surface area contributed by atoms with Gasteiger partial charge in [0.15, 0.2) is 0 Å². The van der Waals surface area contributed by atoms with Crippen molar-refractivity contribution >= 4 is 68.0 Å². The average molecular weight is 359 g/mol. The first-order valence-electron chi connectivity index (χ1n) is 5.70. The third-order valence-corrected chi connectivity index (χ3v) is 4.54. The minimum absolute atomic E-state index is 0.146. The van der Waals surface area contributed by atoms with E-state index in [4.69, 9.17) is 34.8 Å². The fraction of sp³-hybridized carbons (Fsp3) is 0. The van der Waals surface area contributed by atoms with Gasteiger partial charge in [-0.05, 0) is 18.2 Å². The van der Waals surface area contributed by atoms with Gasteiger partial charge in [-0.25, -0.2) is 9.97 Å². The van der Waals surface area contributed by atoms with E-state index in [0.717, 1.165) is 4.70 Å². The Morgan fingerprint density at radius 3 is 2.71 bits per heavy atom. The molecule has 106 valence electrons. The molecule has 0 aliphatic rings. The van der Waals surface area contributed by atoms with Crippen LogP contribution in [0.25, 0.3) is 10.2 Å². The van der Waals surface area contributed by atoms with Gasteiger partial charge in [0.2, 0.25) is 0 Å². The number of anilines is 1. The Morgan fingerprint density at radius 2 is 1.95 bits per heavy atom. The lowest BCUT2D eigenvalue weighted by molar-refractivity contribution is 0.102. The van der Waals surface area contributed by atoms with Gasteiger partial charge < -0.3 is 5.32 Å². The molecule has 0 aliphatic carbocycles. The Morgan fingerprint density at radius 1 is 1.14 bits per heavy atom. The molecule has 0 radical (unpaired) electrons. The Hall–Kier alpha value is -1.40. The minimum Gasteiger partial charge on any atom is -0.319 e. The van der Waals surface area contributed by atoms with Gasteiger partial charge in [-0.1, -0.05) is 34.8 Å². The van der Waals surface area contributed by atoms with Gasteiger partial charge in [0.25, 0.3) is 5.91 Å². The van der Waals surface area contributed by atoms with E-state index >= 15 is 0 Å². The summed E-state index contributed by atoms with van der Waals surface area (Å²) in [6, 6.07) is 5.01. The van der Waals surface area contributed by atoms with Crippen LogP contribution in [0.15, 0.2) is 29.9 Å². The van der Waals surface area contributed by atoms with Gasteiger partial charge in [0.1, 0.15) is 10.7 Å². The Balaban J connectivity index is 1.98. The molecule has 21 heavy (non-hydrogen) atoms. The van der Waals surface area contributed by atoms with Crippen molar-refractivity contribution in [1.29, 1.82) is 0 Å². The number of rotatable bonds is 2. The molecule has 0 fully saturated rings. The number of pyridine rings is 1. The SMILES string of the molecule is O=C(Nc1c(Cl)ccc2scnc12)c1cnc(Cl)c(Cl)c1. The first-order valence-corrected chi connectivity index (χ1v) is 7.71. The van der Waals surface area contributed by atoms with Crippen LogP contribution in [0.5, 0.6) is 0 Å². The van der Waals surface area contributed by atoms with E-state index in [-0.39, 0.29) is 21.6 Å². The van der Waals surface area contributed by atoms with Crippen LogP contribution in [-0.2, 0) is 0 Å². The third-order valence-electron chi connectivity index (χ3n) is 2.75. The van der Waals surface area contributed by atoms with E-state index in [0.29, 0.717) is 16.2 Å². The molecule has 0 bridgehead atoms. The van der Waals surface area contributed by atoms with Crippen LogP contribution in [0.1, 0.15) is 10.4 Å². The Labute approximate surface area is 138 Å². The topological polar surface area (TPSA) is 54.9 Å². The molecule has 0 unspecified atom stereocenters.